The summed E-state index contributed by atoms with van der Waals surface area (Å²) in [5.74, 6) is -0.357. The van der Waals surface area contributed by atoms with Gasteiger partial charge in [-0.15, -0.1) is 0 Å². The number of guanidine groups is 1. The molecule has 0 saturated heterocycles. The molecule has 0 N–H and O–H groups in total. The van der Waals surface area contributed by atoms with Crippen molar-refractivity contribution in [2.45, 2.75) is 13.0 Å². The molecule has 5 nitrogen and oxygen atoms in total. The summed E-state index contributed by atoms with van der Waals surface area (Å²) in [7, 11) is 0. The van der Waals surface area contributed by atoms with Gasteiger partial charge < -0.3 is 0 Å². The predicted molar refractivity (Wildman–Crippen MR) is 46.4 cm³/mol. The number of amides is 1. The van der Waals surface area contributed by atoms with E-state index in [1.54, 1.807) is 12.3 Å². The second-order valence-electron chi connectivity index (χ2n) is 2.79. The molecule has 2 aliphatic heterocycles. The number of nitrogens with zero attached hydrogens (tertiary/aromatic N) is 3. The Labute approximate surface area is 74.5 Å². The number of fused-ring (bicyclic) bond motifs is 1. The van der Waals surface area contributed by atoms with Crippen molar-refractivity contribution >= 4 is 23.9 Å². The van der Waals surface area contributed by atoms with Crippen molar-refractivity contribution in [1.82, 2.24) is 4.90 Å². The molecule has 0 aromatic rings. The van der Waals surface area contributed by atoms with Gasteiger partial charge in [0.25, 0.3) is 5.91 Å². The number of hydrogen-bond acceptors (Lipinski definition) is 4. The average molecular weight is 177 g/mol. The van der Waals surface area contributed by atoms with Crippen molar-refractivity contribution in [2.24, 2.45) is 9.98 Å². The second-order valence-corrected chi connectivity index (χ2v) is 2.79. The van der Waals surface area contributed by atoms with Gasteiger partial charge in [0.1, 0.15) is 0 Å². The maximum Gasteiger partial charge on any atom is 0.279 e. The Morgan fingerprint density at radius 2 is 2.38 bits per heavy atom. The highest BCUT2D eigenvalue weighted by atomic mass is 16.2. The Balaban J connectivity index is 2.38. The molecule has 1 amide bonds. The van der Waals surface area contributed by atoms with Crippen molar-refractivity contribution in [2.75, 3.05) is 0 Å². The van der Waals surface area contributed by atoms with Crippen LogP contribution in [0.5, 0.6) is 0 Å². The first-order valence-corrected chi connectivity index (χ1v) is 3.82. The van der Waals surface area contributed by atoms with Crippen molar-refractivity contribution in [3.05, 3.63) is 12.3 Å². The summed E-state index contributed by atoms with van der Waals surface area (Å²) in [6.07, 6.45) is 4.82. The molecule has 0 spiro atoms. The molecule has 0 saturated carbocycles. The van der Waals surface area contributed by atoms with E-state index in [0.29, 0.717) is 5.96 Å². The summed E-state index contributed by atoms with van der Waals surface area (Å²) in [6.45, 7) is 1.37. The molecule has 2 aliphatic rings. The predicted octanol–water partition coefficient (Wildman–Crippen LogP) is -0.260. The van der Waals surface area contributed by atoms with Gasteiger partial charge in [-0.25, -0.2) is 4.99 Å². The molecule has 2 heterocycles. The maximum absolute atomic E-state index is 11.2. The fourth-order valence-electron chi connectivity index (χ4n) is 1.31. The van der Waals surface area contributed by atoms with Gasteiger partial charge in [0, 0.05) is 12.4 Å². The van der Waals surface area contributed by atoms with E-state index < -0.39 is 11.9 Å². The van der Waals surface area contributed by atoms with Crippen LogP contribution in [0.2, 0.25) is 0 Å². The van der Waals surface area contributed by atoms with Gasteiger partial charge in [-0.2, -0.15) is 4.99 Å². The van der Waals surface area contributed by atoms with Crippen molar-refractivity contribution in [3.8, 4) is 0 Å². The number of carbonyl (C=O) groups is 2. The van der Waals surface area contributed by atoms with Crippen LogP contribution in [0.25, 0.3) is 0 Å². The maximum atomic E-state index is 11.2. The first kappa shape index (κ1) is 7.85. The van der Waals surface area contributed by atoms with E-state index in [1.807, 2.05) is 0 Å². The quantitative estimate of drug-likeness (QED) is 0.518. The lowest BCUT2D eigenvalue weighted by atomic mass is 10.2. The lowest BCUT2D eigenvalue weighted by Gasteiger charge is -2.19. The molecule has 13 heavy (non-hydrogen) atoms. The largest absolute Gasteiger partial charge is 0.297 e. The molecule has 0 bridgehead atoms. The number of Topliss-reactive ketones (excluding diaryl/α,β-unsaturated/α-hetero) is 1. The SMILES string of the molecule is CC(=O)[C@H]1C(=O)N=C2N=CC=CN21. The first-order chi connectivity index (χ1) is 6.20. The van der Waals surface area contributed by atoms with E-state index in [9.17, 15) is 9.59 Å². The summed E-state index contributed by atoms with van der Waals surface area (Å²) in [5.41, 5.74) is 0. The highest BCUT2D eigenvalue weighted by Crippen LogP contribution is 2.16. The van der Waals surface area contributed by atoms with Crippen molar-refractivity contribution in [1.29, 1.82) is 0 Å². The second kappa shape index (κ2) is 2.62. The van der Waals surface area contributed by atoms with E-state index in [4.69, 9.17) is 0 Å². The van der Waals surface area contributed by atoms with E-state index in [2.05, 4.69) is 9.98 Å². The highest BCUT2D eigenvalue weighted by Gasteiger charge is 2.37. The number of aliphatic imine (C=N–C) groups is 2. The first-order valence-electron chi connectivity index (χ1n) is 3.82. The molecular weight excluding hydrogens is 170 g/mol. The molecule has 0 aromatic carbocycles. The Bertz CT molecular complexity index is 368. The van der Waals surface area contributed by atoms with E-state index in [-0.39, 0.29) is 5.78 Å². The van der Waals surface area contributed by atoms with Gasteiger partial charge in [-0.3, -0.25) is 14.5 Å². The van der Waals surface area contributed by atoms with Crippen molar-refractivity contribution in [3.63, 3.8) is 0 Å². The fraction of sp³-hybridized carbons (Fsp3) is 0.250. The minimum absolute atomic E-state index is 0.217. The Morgan fingerprint density at radius 3 is 3.08 bits per heavy atom. The van der Waals surface area contributed by atoms with Crippen LogP contribution in [-0.2, 0) is 9.59 Å². The molecule has 0 fully saturated rings. The van der Waals surface area contributed by atoms with Gasteiger partial charge in [-0.05, 0) is 13.0 Å². The average Bonchev–Trinajstić information content (AvgIpc) is 2.39. The van der Waals surface area contributed by atoms with Crippen LogP contribution < -0.4 is 0 Å². The van der Waals surface area contributed by atoms with Gasteiger partial charge in [-0.1, -0.05) is 0 Å². The fourth-order valence-corrected chi connectivity index (χ4v) is 1.31. The normalized spacial score (nSPS) is 24.7. The Hall–Kier alpha value is -1.78. The lowest BCUT2D eigenvalue weighted by molar-refractivity contribution is -0.128. The summed E-state index contributed by atoms with van der Waals surface area (Å²) < 4.78 is 0. The number of rotatable bonds is 1. The number of allylic oxidation sites excluding steroid dienone is 1. The highest BCUT2D eigenvalue weighted by molar-refractivity contribution is 6.17. The molecule has 66 valence electrons. The zero-order valence-electron chi connectivity index (χ0n) is 6.97. The van der Waals surface area contributed by atoms with E-state index >= 15 is 0 Å². The molecule has 0 aliphatic carbocycles. The van der Waals surface area contributed by atoms with Gasteiger partial charge in [0.2, 0.25) is 5.96 Å². The smallest absolute Gasteiger partial charge is 0.279 e. The number of hydrogen-bond donors (Lipinski definition) is 0. The molecular formula is C8H7N3O2. The van der Waals surface area contributed by atoms with Crippen LogP contribution in [0.15, 0.2) is 22.3 Å². The van der Waals surface area contributed by atoms with Gasteiger partial charge in [0.15, 0.2) is 11.8 Å². The van der Waals surface area contributed by atoms with Gasteiger partial charge >= 0.3 is 0 Å². The third kappa shape index (κ3) is 1.09. The minimum atomic E-state index is -0.802. The molecule has 1 atom stereocenters. The summed E-state index contributed by atoms with van der Waals surface area (Å²) in [4.78, 5) is 31.3. The van der Waals surface area contributed by atoms with E-state index in [0.717, 1.165) is 0 Å². The zero-order valence-corrected chi connectivity index (χ0v) is 6.97. The van der Waals surface area contributed by atoms with Crippen LogP contribution in [0.4, 0.5) is 0 Å². The summed E-state index contributed by atoms with van der Waals surface area (Å²) in [6, 6.07) is -0.802. The van der Waals surface area contributed by atoms with Crippen LogP contribution >= 0.6 is 0 Å². The number of ketones is 1. The topological polar surface area (TPSA) is 62.1 Å². The summed E-state index contributed by atoms with van der Waals surface area (Å²) in [5, 5.41) is 0. The molecule has 0 unspecified atom stereocenters. The zero-order chi connectivity index (χ0) is 9.42. The number of carbonyl (C=O) groups excluding carboxylic acids is 2. The monoisotopic (exact) mass is 177 g/mol. The van der Waals surface area contributed by atoms with Crippen LogP contribution in [0.1, 0.15) is 6.92 Å². The standard InChI is InChI=1S/C8H7N3O2/c1-5(12)6-7(13)10-8-9-3-2-4-11(6)8/h2-4,6H,1H3/t6-/m0/s1. The molecule has 0 radical (unpaired) electrons. The summed E-state index contributed by atoms with van der Waals surface area (Å²) >= 11 is 0. The van der Waals surface area contributed by atoms with Crippen LogP contribution in [0.3, 0.4) is 0 Å². The van der Waals surface area contributed by atoms with E-state index in [1.165, 1.54) is 18.0 Å². The molecule has 0 aromatic heterocycles. The molecule has 5 heteroatoms. The molecule has 2 rings (SSSR count). The third-order valence-corrected chi connectivity index (χ3v) is 1.86. The Morgan fingerprint density at radius 1 is 1.62 bits per heavy atom. The minimum Gasteiger partial charge on any atom is -0.297 e. The van der Waals surface area contributed by atoms with Crippen LogP contribution in [0, 0.1) is 0 Å². The van der Waals surface area contributed by atoms with Crippen molar-refractivity contribution < 1.29 is 9.59 Å². The van der Waals surface area contributed by atoms with Crippen LogP contribution in [-0.4, -0.2) is 34.8 Å². The Kier molecular flexibility index (Phi) is 1.58. The lowest BCUT2D eigenvalue weighted by Crippen LogP contribution is -2.39. The van der Waals surface area contributed by atoms with Gasteiger partial charge in [0.05, 0.1) is 0 Å². The third-order valence-electron chi connectivity index (χ3n) is 1.86.